The van der Waals surface area contributed by atoms with E-state index in [-0.39, 0.29) is 5.54 Å². The molecule has 0 radical (unpaired) electrons. The Hall–Kier alpha value is -1.80. The van der Waals surface area contributed by atoms with Crippen LogP contribution in [-0.2, 0) is 12.8 Å². The third kappa shape index (κ3) is 6.07. The minimum Gasteiger partial charge on any atom is -0.496 e. The molecule has 2 aromatic carbocycles. The largest absolute Gasteiger partial charge is 0.496 e. The van der Waals surface area contributed by atoms with E-state index >= 15 is 0 Å². The van der Waals surface area contributed by atoms with E-state index < -0.39 is 0 Å². The van der Waals surface area contributed by atoms with Gasteiger partial charge in [0.15, 0.2) is 0 Å². The van der Waals surface area contributed by atoms with Crippen LogP contribution in [0.5, 0.6) is 5.75 Å². The number of ether oxygens (including phenoxy) is 1. The van der Waals surface area contributed by atoms with Crippen molar-refractivity contribution in [1.82, 2.24) is 5.32 Å². The lowest BCUT2D eigenvalue weighted by molar-refractivity contribution is 0.361. The monoisotopic (exact) mass is 311 g/mol. The van der Waals surface area contributed by atoms with Crippen LogP contribution in [0.2, 0.25) is 0 Å². The highest BCUT2D eigenvalue weighted by Crippen LogP contribution is 2.23. The zero-order valence-corrected chi connectivity index (χ0v) is 14.8. The van der Waals surface area contributed by atoms with Crippen LogP contribution in [0.3, 0.4) is 0 Å². The van der Waals surface area contributed by atoms with Crippen molar-refractivity contribution in [3.63, 3.8) is 0 Å². The number of nitrogens with one attached hydrogen (secondary N) is 1. The van der Waals surface area contributed by atoms with Crippen molar-refractivity contribution in [2.45, 2.75) is 39.2 Å². The van der Waals surface area contributed by atoms with E-state index in [0.717, 1.165) is 25.1 Å². The lowest BCUT2D eigenvalue weighted by atomic mass is 9.91. The summed E-state index contributed by atoms with van der Waals surface area (Å²) in [5.74, 6) is 1.52. The number of benzene rings is 2. The third-order valence-electron chi connectivity index (χ3n) is 3.99. The van der Waals surface area contributed by atoms with Crippen molar-refractivity contribution < 1.29 is 4.74 Å². The first-order valence-corrected chi connectivity index (χ1v) is 8.39. The van der Waals surface area contributed by atoms with E-state index in [1.165, 1.54) is 11.1 Å². The van der Waals surface area contributed by atoms with Crippen molar-refractivity contribution in [2.75, 3.05) is 13.7 Å². The maximum absolute atomic E-state index is 5.52. The second-order valence-electron chi connectivity index (χ2n) is 7.20. The molecule has 1 unspecified atom stereocenters. The van der Waals surface area contributed by atoms with Gasteiger partial charge in [-0.05, 0) is 63.3 Å². The topological polar surface area (TPSA) is 21.3 Å². The smallest absolute Gasteiger partial charge is 0.122 e. The highest BCUT2D eigenvalue weighted by atomic mass is 16.5. The maximum atomic E-state index is 5.52. The van der Waals surface area contributed by atoms with Crippen LogP contribution in [-0.4, -0.2) is 19.2 Å². The van der Waals surface area contributed by atoms with E-state index in [1.54, 1.807) is 7.11 Å². The van der Waals surface area contributed by atoms with E-state index in [0.29, 0.717) is 5.92 Å². The van der Waals surface area contributed by atoms with Gasteiger partial charge in [-0.2, -0.15) is 0 Å². The van der Waals surface area contributed by atoms with Crippen LogP contribution < -0.4 is 10.1 Å². The van der Waals surface area contributed by atoms with Gasteiger partial charge in [0.1, 0.15) is 5.75 Å². The fourth-order valence-electron chi connectivity index (χ4n) is 2.80. The van der Waals surface area contributed by atoms with Gasteiger partial charge in [0.05, 0.1) is 7.11 Å². The number of hydrogen-bond acceptors (Lipinski definition) is 2. The van der Waals surface area contributed by atoms with Gasteiger partial charge in [-0.25, -0.2) is 0 Å². The predicted octanol–water partition coefficient (Wildman–Crippen LogP) is 4.48. The number of para-hydroxylation sites is 1. The summed E-state index contributed by atoms with van der Waals surface area (Å²) in [7, 11) is 1.75. The summed E-state index contributed by atoms with van der Waals surface area (Å²) in [5.41, 5.74) is 2.81. The molecule has 2 nitrogen and oxygen atoms in total. The molecule has 1 N–H and O–H groups in total. The Balaban J connectivity index is 2.12. The lowest BCUT2D eigenvalue weighted by Gasteiger charge is -2.26. The molecule has 23 heavy (non-hydrogen) atoms. The molecule has 0 fully saturated rings. The minimum absolute atomic E-state index is 0.135. The molecule has 0 saturated heterocycles. The predicted molar refractivity (Wildman–Crippen MR) is 98.1 cm³/mol. The molecule has 0 aromatic heterocycles. The van der Waals surface area contributed by atoms with Gasteiger partial charge >= 0.3 is 0 Å². The molecule has 0 saturated carbocycles. The Morgan fingerprint density at radius 1 is 0.913 bits per heavy atom. The van der Waals surface area contributed by atoms with E-state index in [1.807, 2.05) is 12.1 Å². The lowest BCUT2D eigenvalue weighted by Crippen LogP contribution is -2.40. The third-order valence-corrected chi connectivity index (χ3v) is 3.99. The van der Waals surface area contributed by atoms with Crippen molar-refractivity contribution in [1.29, 1.82) is 0 Å². The van der Waals surface area contributed by atoms with Crippen molar-refractivity contribution in [3.8, 4) is 5.75 Å². The van der Waals surface area contributed by atoms with Crippen LogP contribution in [0, 0.1) is 5.92 Å². The molecule has 0 aliphatic rings. The highest BCUT2D eigenvalue weighted by molar-refractivity contribution is 5.33. The summed E-state index contributed by atoms with van der Waals surface area (Å²) in [4.78, 5) is 0. The summed E-state index contributed by atoms with van der Waals surface area (Å²) < 4.78 is 5.52. The zero-order chi connectivity index (χ0) is 16.7. The van der Waals surface area contributed by atoms with Gasteiger partial charge in [-0.15, -0.1) is 0 Å². The molecule has 2 rings (SSSR count). The first-order chi connectivity index (χ1) is 11.0. The number of methoxy groups -OCH3 is 1. The molecule has 0 aliphatic carbocycles. The maximum Gasteiger partial charge on any atom is 0.122 e. The Morgan fingerprint density at radius 2 is 1.57 bits per heavy atom. The summed E-state index contributed by atoms with van der Waals surface area (Å²) >= 11 is 0. The molecule has 0 heterocycles. The Labute approximate surface area is 140 Å². The van der Waals surface area contributed by atoms with Crippen LogP contribution >= 0.6 is 0 Å². The molecule has 1 atom stereocenters. The van der Waals surface area contributed by atoms with Crippen LogP contribution in [0.25, 0.3) is 0 Å². The average molecular weight is 311 g/mol. The van der Waals surface area contributed by atoms with Crippen LogP contribution in [0.4, 0.5) is 0 Å². The van der Waals surface area contributed by atoms with E-state index in [2.05, 4.69) is 68.6 Å². The fourth-order valence-corrected chi connectivity index (χ4v) is 2.80. The second kappa shape index (κ2) is 8.16. The second-order valence-corrected chi connectivity index (χ2v) is 7.20. The molecular formula is C21H29NO. The Morgan fingerprint density at radius 3 is 2.22 bits per heavy atom. The van der Waals surface area contributed by atoms with Crippen molar-refractivity contribution >= 4 is 0 Å². The van der Waals surface area contributed by atoms with Crippen molar-refractivity contribution in [2.24, 2.45) is 5.92 Å². The SMILES string of the molecule is COc1ccccc1CC(CNC(C)(C)C)Cc1ccccc1. The molecule has 0 spiro atoms. The molecule has 124 valence electrons. The summed E-state index contributed by atoms with van der Waals surface area (Å²) in [6.45, 7) is 7.65. The van der Waals surface area contributed by atoms with Gasteiger partial charge in [0.25, 0.3) is 0 Å². The normalized spacial score (nSPS) is 12.9. The molecule has 2 heteroatoms. The minimum atomic E-state index is 0.135. The Kier molecular flexibility index (Phi) is 6.23. The van der Waals surface area contributed by atoms with Crippen LogP contribution in [0.15, 0.2) is 54.6 Å². The first-order valence-electron chi connectivity index (χ1n) is 8.39. The van der Waals surface area contributed by atoms with Gasteiger partial charge in [-0.1, -0.05) is 48.5 Å². The van der Waals surface area contributed by atoms with Gasteiger partial charge in [0, 0.05) is 5.54 Å². The standard InChI is InChI=1S/C21H29NO/c1-21(2,3)22-16-18(14-17-10-6-5-7-11-17)15-19-12-8-9-13-20(19)23-4/h5-13,18,22H,14-16H2,1-4H3. The van der Waals surface area contributed by atoms with Gasteiger partial charge in [-0.3, -0.25) is 0 Å². The summed E-state index contributed by atoms with van der Waals surface area (Å²) in [5, 5.41) is 3.66. The highest BCUT2D eigenvalue weighted by Gasteiger charge is 2.17. The molecule has 0 aliphatic heterocycles. The van der Waals surface area contributed by atoms with E-state index in [4.69, 9.17) is 4.74 Å². The van der Waals surface area contributed by atoms with Crippen molar-refractivity contribution in [3.05, 3.63) is 65.7 Å². The number of rotatable bonds is 7. The zero-order valence-electron chi connectivity index (χ0n) is 14.8. The van der Waals surface area contributed by atoms with E-state index in [9.17, 15) is 0 Å². The fraction of sp³-hybridized carbons (Fsp3) is 0.429. The average Bonchev–Trinajstić information content (AvgIpc) is 2.53. The summed E-state index contributed by atoms with van der Waals surface area (Å²) in [6.07, 6.45) is 2.09. The van der Waals surface area contributed by atoms with Gasteiger partial charge < -0.3 is 10.1 Å². The Bertz CT molecular complexity index is 586. The van der Waals surface area contributed by atoms with Crippen LogP contribution in [0.1, 0.15) is 31.9 Å². The van der Waals surface area contributed by atoms with Gasteiger partial charge in [0.2, 0.25) is 0 Å². The molecule has 0 amide bonds. The number of hydrogen-bond donors (Lipinski definition) is 1. The first kappa shape index (κ1) is 17.6. The quantitative estimate of drug-likeness (QED) is 0.814. The molecule has 0 bridgehead atoms. The summed E-state index contributed by atoms with van der Waals surface area (Å²) in [6, 6.07) is 19.1. The molecular weight excluding hydrogens is 282 g/mol. The molecule has 2 aromatic rings.